The van der Waals surface area contributed by atoms with E-state index in [4.69, 9.17) is 9.47 Å². The third-order valence-corrected chi connectivity index (χ3v) is 8.20. The summed E-state index contributed by atoms with van der Waals surface area (Å²) in [5.74, 6) is -2.30. The average Bonchev–Trinajstić information content (AvgIpc) is 3.09. The number of allylic oxidation sites excluding steroid dienone is 5. The largest absolute Gasteiger partial charge is 0.476 e. The predicted molar refractivity (Wildman–Crippen MR) is 160 cm³/mol. The maximum Gasteiger partial charge on any atom is 0.407 e. The Morgan fingerprint density at radius 1 is 1.22 bits per heavy atom. The summed E-state index contributed by atoms with van der Waals surface area (Å²) in [6.45, 7) is 16.3. The van der Waals surface area contributed by atoms with E-state index in [1.807, 2.05) is 13.8 Å². The fourth-order valence-corrected chi connectivity index (χ4v) is 5.68. The molecule has 0 spiro atoms. The van der Waals surface area contributed by atoms with E-state index in [-0.39, 0.29) is 29.4 Å². The molecule has 1 saturated carbocycles. The number of alkyl carbamates (subject to hydrolysis) is 1. The highest BCUT2D eigenvalue weighted by Crippen LogP contribution is 2.48. The van der Waals surface area contributed by atoms with E-state index in [0.717, 1.165) is 25.3 Å². The SMILES string of the molecule is CC=Cc1nc(C(F)(F)C=CCCC2C(OC(=O)NC(CC)C(C)(C)C)CC3C=CC32)c(OCCC(C)C)nc1C. The van der Waals surface area contributed by atoms with Gasteiger partial charge in [-0.1, -0.05) is 65.8 Å². The number of ether oxygens (including phenoxy) is 2. The quantitative estimate of drug-likeness (QED) is 0.240. The van der Waals surface area contributed by atoms with E-state index < -0.39 is 17.7 Å². The first-order valence-corrected chi connectivity index (χ1v) is 15.1. The normalized spacial score (nSPS) is 23.2. The van der Waals surface area contributed by atoms with E-state index in [0.29, 0.717) is 48.6 Å². The zero-order chi connectivity index (χ0) is 30.4. The van der Waals surface area contributed by atoms with Crippen LogP contribution in [-0.2, 0) is 10.7 Å². The Morgan fingerprint density at radius 3 is 2.54 bits per heavy atom. The summed E-state index contributed by atoms with van der Waals surface area (Å²) in [5, 5.41) is 3.03. The van der Waals surface area contributed by atoms with Crippen LogP contribution in [0.25, 0.3) is 6.08 Å². The number of aryl methyl sites for hydroxylation is 1. The second-order valence-electron chi connectivity index (χ2n) is 12.9. The van der Waals surface area contributed by atoms with Crippen molar-refractivity contribution < 1.29 is 23.0 Å². The average molecular weight is 574 g/mol. The smallest absolute Gasteiger partial charge is 0.407 e. The lowest BCUT2D eigenvalue weighted by atomic mass is 9.79. The fraction of sp³-hybridized carbons (Fsp3) is 0.667. The standard InChI is InChI=1S/C33H49F2N3O3/c1-9-13-26-22(5)36-30(40-19-17-21(3)4)29(37-26)33(34,35)18-12-11-14-25-24-16-15-23(24)20-27(25)41-31(39)38-28(10-2)32(6,7)8/h9,12-13,15-16,18,21,23-25,27-28H,10-11,14,17,19-20H2,1-8H3,(H,38,39). The first kappa shape index (κ1) is 32.7. The Kier molecular flexibility index (Phi) is 11.1. The molecule has 1 amide bonds. The number of rotatable bonds is 13. The molecule has 0 aromatic carbocycles. The third-order valence-electron chi connectivity index (χ3n) is 8.20. The number of nitrogens with one attached hydrogen (secondary N) is 1. The maximum absolute atomic E-state index is 15.5. The lowest BCUT2D eigenvalue weighted by Gasteiger charge is -2.31. The van der Waals surface area contributed by atoms with Crippen molar-refractivity contribution in [3.05, 3.63) is 47.5 Å². The number of hydrogen-bond acceptors (Lipinski definition) is 5. The van der Waals surface area contributed by atoms with Gasteiger partial charge in [-0.05, 0) is 81.3 Å². The van der Waals surface area contributed by atoms with Crippen LogP contribution in [0.5, 0.6) is 5.88 Å². The van der Waals surface area contributed by atoms with E-state index in [1.165, 1.54) is 6.08 Å². The molecule has 8 heteroatoms. The molecule has 228 valence electrons. The second-order valence-corrected chi connectivity index (χ2v) is 12.9. The molecule has 2 aliphatic carbocycles. The van der Waals surface area contributed by atoms with Crippen molar-refractivity contribution >= 4 is 12.2 Å². The molecular formula is C33H49F2N3O3. The summed E-state index contributed by atoms with van der Waals surface area (Å²) >= 11 is 0. The summed E-state index contributed by atoms with van der Waals surface area (Å²) in [7, 11) is 0. The number of carbonyl (C=O) groups excluding carboxylic acids is 1. The van der Waals surface area contributed by atoms with Crippen molar-refractivity contribution in [2.24, 2.45) is 29.1 Å². The number of alkyl halides is 2. The van der Waals surface area contributed by atoms with Crippen molar-refractivity contribution in [2.45, 2.75) is 106 Å². The van der Waals surface area contributed by atoms with Crippen LogP contribution in [0.3, 0.4) is 0 Å². The van der Waals surface area contributed by atoms with Crippen molar-refractivity contribution in [3.63, 3.8) is 0 Å². The summed E-state index contributed by atoms with van der Waals surface area (Å²) in [6, 6.07) is 0.00677. The maximum atomic E-state index is 15.5. The van der Waals surface area contributed by atoms with E-state index >= 15 is 8.78 Å². The fourth-order valence-electron chi connectivity index (χ4n) is 5.68. The molecule has 0 radical (unpaired) electrons. The van der Waals surface area contributed by atoms with Crippen LogP contribution in [-0.4, -0.2) is 34.8 Å². The molecule has 5 unspecified atom stereocenters. The number of hydrogen-bond donors (Lipinski definition) is 1. The van der Waals surface area contributed by atoms with Gasteiger partial charge in [0.1, 0.15) is 6.10 Å². The number of halogens is 2. The Morgan fingerprint density at radius 2 is 1.95 bits per heavy atom. The number of aromatic nitrogens is 2. The van der Waals surface area contributed by atoms with Crippen LogP contribution in [0, 0.1) is 36.0 Å². The van der Waals surface area contributed by atoms with Gasteiger partial charge >= 0.3 is 12.0 Å². The van der Waals surface area contributed by atoms with Crippen LogP contribution in [0.15, 0.2) is 30.4 Å². The Labute approximate surface area is 245 Å². The highest BCUT2D eigenvalue weighted by atomic mass is 19.3. The molecule has 0 bridgehead atoms. The van der Waals surface area contributed by atoms with Crippen LogP contribution >= 0.6 is 0 Å². The lowest BCUT2D eigenvalue weighted by Crippen LogP contribution is -2.44. The van der Waals surface area contributed by atoms with Crippen molar-refractivity contribution in [3.8, 4) is 5.88 Å². The summed E-state index contributed by atoms with van der Waals surface area (Å²) in [4.78, 5) is 21.4. The highest BCUT2D eigenvalue weighted by molar-refractivity contribution is 5.68. The van der Waals surface area contributed by atoms with Crippen LogP contribution in [0.1, 0.15) is 97.7 Å². The van der Waals surface area contributed by atoms with Gasteiger partial charge in [0.25, 0.3) is 0 Å². The Hall–Kier alpha value is -2.77. The van der Waals surface area contributed by atoms with Gasteiger partial charge in [-0.3, -0.25) is 0 Å². The van der Waals surface area contributed by atoms with E-state index in [2.05, 4.69) is 62.1 Å². The first-order chi connectivity index (χ1) is 19.3. The van der Waals surface area contributed by atoms with Crippen molar-refractivity contribution in [2.75, 3.05) is 6.61 Å². The monoisotopic (exact) mass is 573 g/mol. The third kappa shape index (κ3) is 8.62. The van der Waals surface area contributed by atoms with Gasteiger partial charge in [-0.2, -0.15) is 8.78 Å². The number of carbonyl (C=O) groups is 1. The lowest BCUT2D eigenvalue weighted by molar-refractivity contribution is 0.0417. The van der Waals surface area contributed by atoms with Crippen LogP contribution in [0.4, 0.5) is 13.6 Å². The number of nitrogens with zero attached hydrogens (tertiary/aromatic N) is 2. The van der Waals surface area contributed by atoms with Gasteiger partial charge < -0.3 is 14.8 Å². The summed E-state index contributed by atoms with van der Waals surface area (Å²) in [6.07, 6.45) is 12.9. The Bertz CT molecular complexity index is 1120. The number of fused-ring (bicyclic) bond motifs is 1. The molecule has 0 saturated heterocycles. The van der Waals surface area contributed by atoms with E-state index in [1.54, 1.807) is 19.1 Å². The first-order valence-electron chi connectivity index (χ1n) is 15.1. The van der Waals surface area contributed by atoms with Gasteiger partial charge in [0.15, 0.2) is 5.69 Å². The molecule has 6 nitrogen and oxygen atoms in total. The molecule has 1 aromatic heterocycles. The highest BCUT2D eigenvalue weighted by Gasteiger charge is 2.46. The van der Waals surface area contributed by atoms with Gasteiger partial charge in [0.05, 0.1) is 18.0 Å². The van der Waals surface area contributed by atoms with E-state index in [9.17, 15) is 4.79 Å². The molecular weight excluding hydrogens is 524 g/mol. The number of amides is 1. The molecule has 1 fully saturated rings. The van der Waals surface area contributed by atoms with Gasteiger partial charge in [-0.25, -0.2) is 14.8 Å². The molecule has 1 N–H and O–H groups in total. The minimum atomic E-state index is -3.35. The molecule has 3 rings (SSSR count). The van der Waals surface area contributed by atoms with Crippen LogP contribution in [0.2, 0.25) is 0 Å². The zero-order valence-electron chi connectivity index (χ0n) is 26.0. The van der Waals surface area contributed by atoms with Gasteiger partial charge in [-0.15, -0.1) is 0 Å². The van der Waals surface area contributed by atoms with Crippen molar-refractivity contribution in [1.29, 1.82) is 0 Å². The minimum absolute atomic E-state index is 0.00677. The molecule has 1 heterocycles. The minimum Gasteiger partial charge on any atom is -0.476 e. The Balaban J connectivity index is 1.68. The van der Waals surface area contributed by atoms with Crippen LogP contribution < -0.4 is 10.1 Å². The summed E-state index contributed by atoms with van der Waals surface area (Å²) < 4.78 is 42.7. The topological polar surface area (TPSA) is 73.3 Å². The van der Waals surface area contributed by atoms with Gasteiger partial charge in [0.2, 0.25) is 5.88 Å². The molecule has 0 aliphatic heterocycles. The molecule has 2 aliphatic rings. The molecule has 1 aromatic rings. The predicted octanol–water partition coefficient (Wildman–Crippen LogP) is 8.41. The summed E-state index contributed by atoms with van der Waals surface area (Å²) in [5.41, 5.74) is 0.393. The molecule has 5 atom stereocenters. The second kappa shape index (κ2) is 13.9. The van der Waals surface area contributed by atoms with Crippen molar-refractivity contribution in [1.82, 2.24) is 15.3 Å². The van der Waals surface area contributed by atoms with Gasteiger partial charge in [0, 0.05) is 12.0 Å². The zero-order valence-corrected chi connectivity index (χ0v) is 26.0. The molecule has 41 heavy (non-hydrogen) atoms.